The van der Waals surface area contributed by atoms with Crippen LogP contribution in [0.3, 0.4) is 0 Å². The second kappa shape index (κ2) is 5.41. The quantitative estimate of drug-likeness (QED) is 0.878. The Morgan fingerprint density at radius 1 is 1.26 bits per heavy atom. The summed E-state index contributed by atoms with van der Waals surface area (Å²) in [6, 6.07) is 2.57. The van der Waals surface area contributed by atoms with E-state index in [1.807, 2.05) is 0 Å². The maximum absolute atomic E-state index is 10.5. The molecule has 1 aliphatic heterocycles. The average Bonchev–Trinajstić information content (AvgIpc) is 2.95. The summed E-state index contributed by atoms with van der Waals surface area (Å²) >= 11 is 0. The van der Waals surface area contributed by atoms with Gasteiger partial charge in [-0.25, -0.2) is 0 Å². The smallest absolute Gasteiger partial charge is 0.122 e. The monoisotopic (exact) mass is 261 g/mol. The van der Waals surface area contributed by atoms with E-state index in [-0.39, 0.29) is 0 Å². The predicted molar refractivity (Wildman–Crippen MR) is 76.0 cm³/mol. The van der Waals surface area contributed by atoms with Gasteiger partial charge < -0.3 is 15.2 Å². The highest BCUT2D eigenvalue weighted by atomic mass is 16.5. The number of phenols is 1. The third kappa shape index (κ3) is 2.44. The van der Waals surface area contributed by atoms with Crippen LogP contribution in [0, 0.1) is 0 Å². The Hall–Kier alpha value is -1.22. The lowest BCUT2D eigenvalue weighted by Crippen LogP contribution is -2.24. The van der Waals surface area contributed by atoms with Gasteiger partial charge in [-0.05, 0) is 63.1 Å². The van der Waals surface area contributed by atoms with E-state index >= 15 is 0 Å². The Morgan fingerprint density at radius 3 is 2.74 bits per heavy atom. The van der Waals surface area contributed by atoms with Crippen LogP contribution in [0.1, 0.15) is 42.4 Å². The fraction of sp³-hybridized carbons (Fsp3) is 0.625. The van der Waals surface area contributed by atoms with E-state index in [1.165, 1.54) is 31.2 Å². The zero-order valence-corrected chi connectivity index (χ0v) is 11.7. The number of ether oxygens (including phenoxy) is 1. The summed E-state index contributed by atoms with van der Waals surface area (Å²) < 4.78 is 5.54. The molecule has 0 saturated carbocycles. The molecule has 0 spiro atoms. The highest BCUT2D eigenvalue weighted by Gasteiger charge is 2.23. The summed E-state index contributed by atoms with van der Waals surface area (Å²) in [6.45, 7) is 1.10. The molecule has 1 heterocycles. The predicted octanol–water partition coefficient (Wildman–Crippen LogP) is 2.57. The second-order valence-corrected chi connectivity index (χ2v) is 5.75. The fourth-order valence-corrected chi connectivity index (χ4v) is 3.48. The molecule has 19 heavy (non-hydrogen) atoms. The van der Waals surface area contributed by atoms with Gasteiger partial charge in [-0.2, -0.15) is 0 Å². The molecular weight excluding hydrogens is 238 g/mol. The van der Waals surface area contributed by atoms with Crippen LogP contribution in [-0.4, -0.2) is 24.8 Å². The van der Waals surface area contributed by atoms with Crippen molar-refractivity contribution in [2.45, 2.75) is 51.0 Å². The summed E-state index contributed by atoms with van der Waals surface area (Å²) in [5.41, 5.74) is 3.42. The lowest BCUT2D eigenvalue weighted by atomic mass is 9.87. The number of hydrogen-bond acceptors (Lipinski definition) is 3. The van der Waals surface area contributed by atoms with Gasteiger partial charge in [0.25, 0.3) is 0 Å². The van der Waals surface area contributed by atoms with Crippen LogP contribution >= 0.6 is 0 Å². The third-order valence-electron chi connectivity index (χ3n) is 4.51. The topological polar surface area (TPSA) is 41.5 Å². The van der Waals surface area contributed by atoms with Crippen LogP contribution in [0.5, 0.6) is 11.5 Å². The number of hydrogen-bond donors (Lipinski definition) is 2. The highest BCUT2D eigenvalue weighted by Crippen LogP contribution is 2.39. The molecule has 1 fully saturated rings. The molecule has 0 bridgehead atoms. The second-order valence-electron chi connectivity index (χ2n) is 5.75. The fourth-order valence-electron chi connectivity index (χ4n) is 3.48. The van der Waals surface area contributed by atoms with Gasteiger partial charge >= 0.3 is 0 Å². The SMILES string of the molecule is COc1cc(CC2CCCN2)c(O)c2c1CCCC2. The number of fused-ring (bicyclic) bond motifs is 1. The number of benzene rings is 1. The van der Waals surface area contributed by atoms with Crippen molar-refractivity contribution in [3.05, 3.63) is 22.8 Å². The molecule has 3 nitrogen and oxygen atoms in total. The van der Waals surface area contributed by atoms with Gasteiger partial charge in [0.05, 0.1) is 7.11 Å². The first-order valence-corrected chi connectivity index (χ1v) is 7.43. The number of aromatic hydroxyl groups is 1. The van der Waals surface area contributed by atoms with E-state index < -0.39 is 0 Å². The van der Waals surface area contributed by atoms with Gasteiger partial charge in [-0.15, -0.1) is 0 Å². The van der Waals surface area contributed by atoms with Gasteiger partial charge in [0, 0.05) is 17.2 Å². The molecule has 1 aromatic rings. The molecule has 104 valence electrons. The molecule has 1 unspecified atom stereocenters. The highest BCUT2D eigenvalue weighted by molar-refractivity contribution is 5.54. The molecule has 1 atom stereocenters. The van der Waals surface area contributed by atoms with Crippen molar-refractivity contribution >= 4 is 0 Å². The molecule has 1 aromatic carbocycles. The Labute approximate surface area is 115 Å². The van der Waals surface area contributed by atoms with Crippen LogP contribution in [0.25, 0.3) is 0 Å². The van der Waals surface area contributed by atoms with Crippen LogP contribution in [0.2, 0.25) is 0 Å². The van der Waals surface area contributed by atoms with Crippen LogP contribution in [0.15, 0.2) is 6.07 Å². The minimum Gasteiger partial charge on any atom is -0.507 e. The Morgan fingerprint density at radius 2 is 2.05 bits per heavy atom. The maximum Gasteiger partial charge on any atom is 0.122 e. The Balaban J connectivity index is 1.94. The molecule has 2 N–H and O–H groups in total. The van der Waals surface area contributed by atoms with Gasteiger partial charge in [0.1, 0.15) is 11.5 Å². The zero-order chi connectivity index (χ0) is 13.2. The molecule has 0 amide bonds. The average molecular weight is 261 g/mol. The summed E-state index contributed by atoms with van der Waals surface area (Å²) in [7, 11) is 1.73. The van der Waals surface area contributed by atoms with E-state index in [4.69, 9.17) is 4.74 Å². The first kappa shape index (κ1) is 12.8. The largest absolute Gasteiger partial charge is 0.507 e. The van der Waals surface area contributed by atoms with Gasteiger partial charge in [0.15, 0.2) is 0 Å². The van der Waals surface area contributed by atoms with Crippen molar-refractivity contribution in [1.82, 2.24) is 5.32 Å². The van der Waals surface area contributed by atoms with Crippen molar-refractivity contribution in [1.29, 1.82) is 0 Å². The van der Waals surface area contributed by atoms with Gasteiger partial charge in [-0.3, -0.25) is 0 Å². The first-order valence-electron chi connectivity index (χ1n) is 7.43. The van der Waals surface area contributed by atoms with Crippen molar-refractivity contribution in [3.63, 3.8) is 0 Å². The molecule has 1 saturated heterocycles. The van der Waals surface area contributed by atoms with Crippen molar-refractivity contribution in [2.75, 3.05) is 13.7 Å². The van der Waals surface area contributed by atoms with Crippen LogP contribution < -0.4 is 10.1 Å². The number of rotatable bonds is 3. The minimum atomic E-state index is 0.511. The van der Waals surface area contributed by atoms with Crippen molar-refractivity contribution in [2.24, 2.45) is 0 Å². The van der Waals surface area contributed by atoms with Crippen molar-refractivity contribution in [3.8, 4) is 11.5 Å². The molecule has 3 rings (SSSR count). The lowest BCUT2D eigenvalue weighted by molar-refractivity contribution is 0.397. The van der Waals surface area contributed by atoms with Gasteiger partial charge in [-0.1, -0.05) is 0 Å². The van der Waals surface area contributed by atoms with E-state index in [0.717, 1.165) is 42.7 Å². The first-order chi connectivity index (χ1) is 9.29. The molecule has 2 aliphatic rings. The molecular formula is C16H23NO2. The van der Waals surface area contributed by atoms with E-state index in [1.54, 1.807) is 7.11 Å². The number of nitrogens with one attached hydrogen (secondary N) is 1. The zero-order valence-electron chi connectivity index (χ0n) is 11.7. The normalized spacial score (nSPS) is 22.3. The van der Waals surface area contributed by atoms with E-state index in [2.05, 4.69) is 11.4 Å². The third-order valence-corrected chi connectivity index (χ3v) is 4.51. The molecule has 0 aromatic heterocycles. The minimum absolute atomic E-state index is 0.511. The number of methoxy groups -OCH3 is 1. The Bertz CT molecular complexity index is 464. The van der Waals surface area contributed by atoms with Crippen molar-refractivity contribution < 1.29 is 9.84 Å². The molecule has 1 aliphatic carbocycles. The maximum atomic E-state index is 10.5. The standard InChI is InChI=1S/C16H23NO2/c1-19-15-10-11(9-12-5-4-8-17-12)16(18)14-7-3-2-6-13(14)15/h10,12,17-18H,2-9H2,1H3. The van der Waals surface area contributed by atoms with E-state index in [9.17, 15) is 5.11 Å². The van der Waals surface area contributed by atoms with Crippen LogP contribution in [-0.2, 0) is 19.3 Å². The van der Waals surface area contributed by atoms with Crippen LogP contribution in [0.4, 0.5) is 0 Å². The number of phenolic OH excluding ortho intramolecular Hbond substituents is 1. The lowest BCUT2D eigenvalue weighted by Gasteiger charge is -2.23. The summed E-state index contributed by atoms with van der Waals surface area (Å²) in [5, 5.41) is 14.0. The van der Waals surface area contributed by atoms with E-state index in [0.29, 0.717) is 11.8 Å². The summed E-state index contributed by atoms with van der Waals surface area (Å²) in [6.07, 6.45) is 7.76. The molecule has 3 heteroatoms. The van der Waals surface area contributed by atoms with Gasteiger partial charge in [0.2, 0.25) is 0 Å². The summed E-state index contributed by atoms with van der Waals surface area (Å²) in [5.74, 6) is 1.50. The Kier molecular flexibility index (Phi) is 3.65. The molecule has 0 radical (unpaired) electrons. The summed E-state index contributed by atoms with van der Waals surface area (Å²) in [4.78, 5) is 0.